The van der Waals surface area contributed by atoms with Crippen LogP contribution >= 0.6 is 12.4 Å². The molecule has 0 bridgehead atoms. The van der Waals surface area contributed by atoms with E-state index in [0.717, 1.165) is 0 Å². The molecule has 5 heteroatoms. The van der Waals surface area contributed by atoms with Gasteiger partial charge in [-0.25, -0.2) is 4.79 Å². The zero-order valence-corrected chi connectivity index (χ0v) is 7.39. The summed E-state index contributed by atoms with van der Waals surface area (Å²) in [5.74, 6) is 0.0380. The highest BCUT2D eigenvalue weighted by molar-refractivity contribution is 5.90. The largest absolute Gasteiger partial charge is 0.467 e. The van der Waals surface area contributed by atoms with Gasteiger partial charge >= 0.3 is 5.97 Å². The second-order valence-electron chi connectivity index (χ2n) is 1.95. The number of hydrogen-bond donors (Lipinski definition) is 1. The van der Waals surface area contributed by atoms with Crippen LogP contribution in [-0.4, -0.2) is 13.1 Å². The SMILES string of the molecule is COC(=O)c1ccoc1CN.Cl. The third-order valence-electron chi connectivity index (χ3n) is 1.34. The molecule has 0 saturated heterocycles. The second-order valence-corrected chi connectivity index (χ2v) is 1.95. The average molecular weight is 192 g/mol. The fourth-order valence-electron chi connectivity index (χ4n) is 0.791. The molecule has 1 aromatic heterocycles. The van der Waals surface area contributed by atoms with Crippen LogP contribution in [0.4, 0.5) is 0 Å². The van der Waals surface area contributed by atoms with E-state index in [2.05, 4.69) is 4.74 Å². The van der Waals surface area contributed by atoms with Crippen LogP contribution in [0.5, 0.6) is 0 Å². The molecule has 68 valence electrons. The maximum atomic E-state index is 10.9. The molecule has 0 aliphatic rings. The van der Waals surface area contributed by atoms with E-state index in [-0.39, 0.29) is 19.0 Å². The molecular weight excluding hydrogens is 182 g/mol. The zero-order chi connectivity index (χ0) is 8.27. The standard InChI is InChI=1S/C7H9NO3.ClH/c1-10-7(9)5-2-3-11-6(5)4-8;/h2-3H,4,8H2,1H3;1H. The number of rotatable bonds is 2. The van der Waals surface area contributed by atoms with Crippen LogP contribution in [0.15, 0.2) is 16.7 Å². The van der Waals surface area contributed by atoms with Gasteiger partial charge in [0.1, 0.15) is 11.3 Å². The monoisotopic (exact) mass is 191 g/mol. The van der Waals surface area contributed by atoms with Gasteiger partial charge in [0.2, 0.25) is 0 Å². The molecule has 0 aliphatic heterocycles. The van der Waals surface area contributed by atoms with Crippen LogP contribution in [0.1, 0.15) is 16.1 Å². The number of ether oxygens (including phenoxy) is 1. The Kier molecular flexibility index (Phi) is 4.39. The van der Waals surface area contributed by atoms with Crippen LogP contribution in [0.25, 0.3) is 0 Å². The van der Waals surface area contributed by atoms with Crippen molar-refractivity contribution in [3.05, 3.63) is 23.7 Å². The van der Waals surface area contributed by atoms with Crippen molar-refractivity contribution >= 4 is 18.4 Å². The lowest BCUT2D eigenvalue weighted by molar-refractivity contribution is 0.0598. The van der Waals surface area contributed by atoms with Crippen LogP contribution in [0, 0.1) is 0 Å². The third-order valence-corrected chi connectivity index (χ3v) is 1.34. The lowest BCUT2D eigenvalue weighted by Gasteiger charge is -1.96. The van der Waals surface area contributed by atoms with E-state index in [1.54, 1.807) is 0 Å². The summed E-state index contributed by atoms with van der Waals surface area (Å²) in [5, 5.41) is 0. The van der Waals surface area contributed by atoms with Gasteiger partial charge in [-0.15, -0.1) is 12.4 Å². The molecule has 0 aliphatic carbocycles. The summed E-state index contributed by atoms with van der Waals surface area (Å²) in [5.41, 5.74) is 5.68. The van der Waals surface area contributed by atoms with E-state index in [1.165, 1.54) is 19.4 Å². The Morgan fingerprint density at radius 3 is 2.92 bits per heavy atom. The highest BCUT2D eigenvalue weighted by atomic mass is 35.5. The highest BCUT2D eigenvalue weighted by Crippen LogP contribution is 2.10. The Morgan fingerprint density at radius 1 is 1.75 bits per heavy atom. The molecule has 1 rings (SSSR count). The molecular formula is C7H10ClNO3. The van der Waals surface area contributed by atoms with Crippen LogP contribution < -0.4 is 5.73 Å². The average Bonchev–Trinajstić information content (AvgIpc) is 2.50. The van der Waals surface area contributed by atoms with Gasteiger partial charge in [-0.3, -0.25) is 0 Å². The molecule has 0 radical (unpaired) electrons. The van der Waals surface area contributed by atoms with Crippen molar-refractivity contribution in [2.45, 2.75) is 6.54 Å². The number of halogens is 1. The van der Waals surface area contributed by atoms with E-state index < -0.39 is 5.97 Å². The molecule has 0 spiro atoms. The third kappa shape index (κ3) is 1.99. The number of esters is 1. The molecule has 2 N–H and O–H groups in total. The van der Waals surface area contributed by atoms with Gasteiger partial charge in [-0.1, -0.05) is 0 Å². The Morgan fingerprint density at radius 2 is 2.42 bits per heavy atom. The molecule has 1 heterocycles. The zero-order valence-electron chi connectivity index (χ0n) is 6.57. The maximum Gasteiger partial charge on any atom is 0.341 e. The second kappa shape index (κ2) is 4.79. The highest BCUT2D eigenvalue weighted by Gasteiger charge is 2.12. The Bertz CT molecular complexity index is 259. The predicted octanol–water partition coefficient (Wildman–Crippen LogP) is 0.947. The summed E-state index contributed by atoms with van der Waals surface area (Å²) < 4.78 is 9.39. The summed E-state index contributed by atoms with van der Waals surface area (Å²) in [6, 6.07) is 1.54. The molecule has 1 aromatic rings. The fourth-order valence-corrected chi connectivity index (χ4v) is 0.791. The summed E-state index contributed by atoms with van der Waals surface area (Å²) in [6.07, 6.45) is 1.41. The molecule has 12 heavy (non-hydrogen) atoms. The van der Waals surface area contributed by atoms with Gasteiger partial charge in [0, 0.05) is 0 Å². The first-order valence-corrected chi connectivity index (χ1v) is 3.14. The van der Waals surface area contributed by atoms with E-state index in [0.29, 0.717) is 11.3 Å². The minimum absolute atomic E-state index is 0. The molecule has 4 nitrogen and oxygen atoms in total. The molecule has 0 fully saturated rings. The molecule has 0 unspecified atom stereocenters. The summed E-state index contributed by atoms with van der Waals surface area (Å²) in [7, 11) is 1.32. The van der Waals surface area contributed by atoms with Gasteiger partial charge in [-0.05, 0) is 6.07 Å². The number of carbonyl (C=O) groups excluding carboxylic acids is 1. The first-order chi connectivity index (χ1) is 5.29. The normalized spacial score (nSPS) is 8.83. The smallest absolute Gasteiger partial charge is 0.341 e. The molecule has 0 amide bonds. The number of carbonyl (C=O) groups is 1. The van der Waals surface area contributed by atoms with Crippen molar-refractivity contribution in [3.8, 4) is 0 Å². The van der Waals surface area contributed by atoms with Crippen molar-refractivity contribution in [3.63, 3.8) is 0 Å². The van der Waals surface area contributed by atoms with E-state index in [4.69, 9.17) is 10.2 Å². The number of methoxy groups -OCH3 is 1. The van der Waals surface area contributed by atoms with Crippen molar-refractivity contribution in [2.24, 2.45) is 5.73 Å². The van der Waals surface area contributed by atoms with E-state index in [1.807, 2.05) is 0 Å². The van der Waals surface area contributed by atoms with E-state index in [9.17, 15) is 4.79 Å². The first kappa shape index (κ1) is 11.0. The quantitative estimate of drug-likeness (QED) is 0.707. The molecule has 0 aromatic carbocycles. The van der Waals surface area contributed by atoms with Gasteiger partial charge in [-0.2, -0.15) is 0 Å². The van der Waals surface area contributed by atoms with Crippen LogP contribution in [0.2, 0.25) is 0 Å². The number of nitrogens with two attached hydrogens (primary N) is 1. The Hall–Kier alpha value is -1.00. The lowest BCUT2D eigenvalue weighted by Crippen LogP contribution is -2.05. The van der Waals surface area contributed by atoms with Crippen molar-refractivity contribution < 1.29 is 13.9 Å². The minimum Gasteiger partial charge on any atom is -0.467 e. The lowest BCUT2D eigenvalue weighted by atomic mass is 10.2. The van der Waals surface area contributed by atoms with Crippen molar-refractivity contribution in [2.75, 3.05) is 7.11 Å². The number of furan rings is 1. The predicted molar refractivity (Wildman–Crippen MR) is 45.2 cm³/mol. The molecule has 0 saturated carbocycles. The fraction of sp³-hybridized carbons (Fsp3) is 0.286. The topological polar surface area (TPSA) is 65.5 Å². The first-order valence-electron chi connectivity index (χ1n) is 3.14. The Balaban J connectivity index is 0.00000121. The van der Waals surface area contributed by atoms with Gasteiger partial charge in [0.25, 0.3) is 0 Å². The summed E-state index contributed by atoms with van der Waals surface area (Å²) >= 11 is 0. The summed E-state index contributed by atoms with van der Waals surface area (Å²) in [4.78, 5) is 10.9. The maximum absolute atomic E-state index is 10.9. The molecule has 0 atom stereocenters. The number of hydrogen-bond acceptors (Lipinski definition) is 4. The van der Waals surface area contributed by atoms with Crippen LogP contribution in [0.3, 0.4) is 0 Å². The Labute approximate surface area is 76.1 Å². The minimum atomic E-state index is -0.417. The van der Waals surface area contributed by atoms with Crippen LogP contribution in [-0.2, 0) is 11.3 Å². The summed E-state index contributed by atoms with van der Waals surface area (Å²) in [6.45, 7) is 0.206. The van der Waals surface area contributed by atoms with Crippen molar-refractivity contribution in [1.82, 2.24) is 0 Å². The van der Waals surface area contributed by atoms with Gasteiger partial charge in [0.15, 0.2) is 0 Å². The van der Waals surface area contributed by atoms with Crippen molar-refractivity contribution in [1.29, 1.82) is 0 Å². The van der Waals surface area contributed by atoms with Gasteiger partial charge < -0.3 is 14.9 Å². The van der Waals surface area contributed by atoms with E-state index >= 15 is 0 Å². The van der Waals surface area contributed by atoms with Gasteiger partial charge in [0.05, 0.1) is 19.9 Å².